The molecule has 0 aliphatic rings. The van der Waals surface area contributed by atoms with E-state index in [1.165, 1.54) is 19.2 Å². The second-order valence-electron chi connectivity index (χ2n) is 3.80. The highest BCUT2D eigenvalue weighted by molar-refractivity contribution is 9.10. The van der Waals surface area contributed by atoms with Crippen LogP contribution in [0.2, 0.25) is 0 Å². The maximum Gasteiger partial charge on any atom is 0.326 e. The van der Waals surface area contributed by atoms with Crippen LogP contribution in [0.25, 0.3) is 0 Å². The summed E-state index contributed by atoms with van der Waals surface area (Å²) in [6, 6.07) is 2.79. The van der Waals surface area contributed by atoms with Crippen LogP contribution in [0.3, 0.4) is 0 Å². The van der Waals surface area contributed by atoms with Crippen molar-refractivity contribution in [3.8, 4) is 0 Å². The van der Waals surface area contributed by atoms with Gasteiger partial charge in [-0.3, -0.25) is 4.79 Å². The third kappa shape index (κ3) is 3.07. The SMILES string of the molecule is CCC(C(=O)O)N(C)C(=O)c1cc(F)ccc1Br. The fraction of sp³-hybridized carbons (Fsp3) is 0.333. The Kier molecular flexibility index (Phi) is 4.84. The van der Waals surface area contributed by atoms with Crippen LogP contribution in [0.1, 0.15) is 23.7 Å². The molecule has 0 bridgehead atoms. The standard InChI is InChI=1S/C12H13BrFNO3/c1-3-10(12(17)18)15(2)11(16)8-6-7(14)4-5-9(8)13/h4-6,10H,3H2,1-2H3,(H,17,18). The number of carbonyl (C=O) groups excluding carboxylic acids is 1. The van der Waals surface area contributed by atoms with E-state index in [1.54, 1.807) is 6.92 Å². The van der Waals surface area contributed by atoms with E-state index in [0.29, 0.717) is 4.47 Å². The summed E-state index contributed by atoms with van der Waals surface area (Å²) in [6.45, 7) is 1.67. The van der Waals surface area contributed by atoms with Gasteiger partial charge in [0.15, 0.2) is 0 Å². The molecule has 0 spiro atoms. The first-order valence-electron chi connectivity index (χ1n) is 5.33. The summed E-state index contributed by atoms with van der Waals surface area (Å²) in [5.74, 6) is -2.16. The summed E-state index contributed by atoms with van der Waals surface area (Å²) in [6.07, 6.45) is 0.282. The van der Waals surface area contributed by atoms with E-state index in [-0.39, 0.29) is 12.0 Å². The zero-order chi connectivity index (χ0) is 13.9. The molecule has 0 saturated carbocycles. The van der Waals surface area contributed by atoms with Gasteiger partial charge < -0.3 is 10.0 Å². The second kappa shape index (κ2) is 5.95. The van der Waals surface area contributed by atoms with Crippen molar-refractivity contribution in [2.45, 2.75) is 19.4 Å². The Hall–Kier alpha value is -1.43. The predicted molar refractivity (Wildman–Crippen MR) is 67.9 cm³/mol. The number of nitrogens with zero attached hydrogens (tertiary/aromatic N) is 1. The third-order valence-corrected chi connectivity index (χ3v) is 3.31. The molecule has 6 heteroatoms. The highest BCUT2D eigenvalue weighted by Gasteiger charge is 2.26. The average Bonchev–Trinajstić information content (AvgIpc) is 2.31. The van der Waals surface area contributed by atoms with E-state index in [9.17, 15) is 14.0 Å². The second-order valence-corrected chi connectivity index (χ2v) is 4.66. The van der Waals surface area contributed by atoms with Gasteiger partial charge in [-0.15, -0.1) is 0 Å². The van der Waals surface area contributed by atoms with Gasteiger partial charge in [-0.05, 0) is 40.5 Å². The first-order chi connectivity index (χ1) is 8.38. The maximum atomic E-state index is 13.1. The number of carboxylic acid groups (broad SMARTS) is 1. The van der Waals surface area contributed by atoms with Crippen molar-refractivity contribution in [2.24, 2.45) is 0 Å². The summed E-state index contributed by atoms with van der Waals surface area (Å²) >= 11 is 3.15. The normalized spacial score (nSPS) is 12.0. The molecule has 0 aliphatic heterocycles. The third-order valence-electron chi connectivity index (χ3n) is 2.62. The molecular weight excluding hydrogens is 305 g/mol. The molecule has 0 aromatic heterocycles. The molecule has 0 heterocycles. The highest BCUT2D eigenvalue weighted by atomic mass is 79.9. The predicted octanol–water partition coefficient (Wildman–Crippen LogP) is 2.52. The first kappa shape index (κ1) is 14.6. The number of halogens is 2. The lowest BCUT2D eigenvalue weighted by Crippen LogP contribution is -2.42. The molecule has 1 aromatic carbocycles. The molecule has 1 amide bonds. The summed E-state index contributed by atoms with van der Waals surface area (Å²) < 4.78 is 13.5. The van der Waals surface area contributed by atoms with Gasteiger partial charge in [-0.2, -0.15) is 0 Å². The number of carbonyl (C=O) groups is 2. The molecule has 0 saturated heterocycles. The Labute approximate surface area is 113 Å². The fourth-order valence-corrected chi connectivity index (χ4v) is 2.02. The lowest BCUT2D eigenvalue weighted by atomic mass is 10.1. The van der Waals surface area contributed by atoms with Crippen LogP contribution in [-0.4, -0.2) is 35.0 Å². The fourth-order valence-electron chi connectivity index (χ4n) is 1.61. The van der Waals surface area contributed by atoms with Crippen LogP contribution in [0, 0.1) is 5.82 Å². The van der Waals surface area contributed by atoms with Crippen molar-refractivity contribution in [3.05, 3.63) is 34.1 Å². The van der Waals surface area contributed by atoms with Crippen molar-refractivity contribution in [1.82, 2.24) is 4.90 Å². The summed E-state index contributed by atoms with van der Waals surface area (Å²) in [5.41, 5.74) is 0.109. The molecule has 1 N–H and O–H groups in total. The number of likely N-dealkylation sites (N-methyl/N-ethyl adjacent to an activating group) is 1. The van der Waals surface area contributed by atoms with Gasteiger partial charge in [0, 0.05) is 11.5 Å². The van der Waals surface area contributed by atoms with Crippen molar-refractivity contribution in [3.63, 3.8) is 0 Å². The number of benzene rings is 1. The van der Waals surface area contributed by atoms with E-state index in [0.717, 1.165) is 11.0 Å². The van der Waals surface area contributed by atoms with E-state index >= 15 is 0 Å². The molecular formula is C12H13BrFNO3. The molecule has 0 fully saturated rings. The largest absolute Gasteiger partial charge is 0.480 e. The van der Waals surface area contributed by atoms with Gasteiger partial charge in [0.25, 0.3) is 5.91 Å². The zero-order valence-electron chi connectivity index (χ0n) is 9.98. The first-order valence-corrected chi connectivity index (χ1v) is 6.12. The van der Waals surface area contributed by atoms with Gasteiger partial charge in [0.2, 0.25) is 0 Å². The van der Waals surface area contributed by atoms with Gasteiger partial charge in [-0.25, -0.2) is 9.18 Å². The lowest BCUT2D eigenvalue weighted by Gasteiger charge is -2.24. The molecule has 1 atom stereocenters. The van der Waals surface area contributed by atoms with Crippen molar-refractivity contribution in [2.75, 3.05) is 7.05 Å². The Bertz CT molecular complexity index is 478. The van der Waals surface area contributed by atoms with Crippen LogP contribution in [0.5, 0.6) is 0 Å². The molecule has 4 nitrogen and oxygen atoms in total. The van der Waals surface area contributed by atoms with Crippen molar-refractivity contribution >= 4 is 27.8 Å². The monoisotopic (exact) mass is 317 g/mol. The smallest absolute Gasteiger partial charge is 0.326 e. The molecule has 0 aliphatic carbocycles. The van der Waals surface area contributed by atoms with Gasteiger partial charge in [0.05, 0.1) is 5.56 Å². The molecule has 1 aromatic rings. The van der Waals surface area contributed by atoms with Gasteiger partial charge >= 0.3 is 5.97 Å². The lowest BCUT2D eigenvalue weighted by molar-refractivity contribution is -0.142. The van der Waals surface area contributed by atoms with Crippen LogP contribution in [0.4, 0.5) is 4.39 Å². The average molecular weight is 318 g/mol. The Morgan fingerprint density at radius 1 is 1.50 bits per heavy atom. The Balaban J connectivity index is 3.06. The molecule has 98 valence electrons. The van der Waals surface area contributed by atoms with E-state index in [1.807, 2.05) is 0 Å². The van der Waals surface area contributed by atoms with Crippen LogP contribution in [0.15, 0.2) is 22.7 Å². The summed E-state index contributed by atoms with van der Waals surface area (Å²) in [7, 11) is 1.39. The summed E-state index contributed by atoms with van der Waals surface area (Å²) in [5, 5.41) is 8.98. The van der Waals surface area contributed by atoms with E-state index in [2.05, 4.69) is 15.9 Å². The Morgan fingerprint density at radius 2 is 2.11 bits per heavy atom. The molecule has 18 heavy (non-hydrogen) atoms. The number of hydrogen-bond donors (Lipinski definition) is 1. The minimum atomic E-state index is -1.08. The van der Waals surface area contributed by atoms with Gasteiger partial charge in [0.1, 0.15) is 11.9 Å². The maximum absolute atomic E-state index is 13.1. The topological polar surface area (TPSA) is 57.6 Å². The van der Waals surface area contributed by atoms with Gasteiger partial charge in [-0.1, -0.05) is 6.92 Å². The zero-order valence-corrected chi connectivity index (χ0v) is 11.6. The Morgan fingerprint density at radius 3 is 2.61 bits per heavy atom. The van der Waals surface area contributed by atoms with Crippen LogP contribution in [-0.2, 0) is 4.79 Å². The van der Waals surface area contributed by atoms with Crippen molar-refractivity contribution < 1.29 is 19.1 Å². The number of rotatable bonds is 4. The number of aliphatic carboxylic acids is 1. The van der Waals surface area contributed by atoms with Crippen LogP contribution >= 0.6 is 15.9 Å². The number of carboxylic acids is 1. The minimum absolute atomic E-state index is 0.109. The highest BCUT2D eigenvalue weighted by Crippen LogP contribution is 2.20. The van der Waals surface area contributed by atoms with E-state index < -0.39 is 23.7 Å². The minimum Gasteiger partial charge on any atom is -0.480 e. The molecule has 0 radical (unpaired) electrons. The number of amides is 1. The van der Waals surface area contributed by atoms with Crippen molar-refractivity contribution in [1.29, 1.82) is 0 Å². The van der Waals surface area contributed by atoms with E-state index in [4.69, 9.17) is 5.11 Å². The van der Waals surface area contributed by atoms with Crippen LogP contribution < -0.4 is 0 Å². The summed E-state index contributed by atoms with van der Waals surface area (Å²) in [4.78, 5) is 24.2. The quantitative estimate of drug-likeness (QED) is 0.928. The molecule has 1 unspecified atom stereocenters. The number of hydrogen-bond acceptors (Lipinski definition) is 2. The molecule has 1 rings (SSSR count).